The molecule has 2 aliphatic heterocycles. The van der Waals surface area contributed by atoms with Crippen LogP contribution in [0.1, 0.15) is 31.4 Å². The summed E-state index contributed by atoms with van der Waals surface area (Å²) < 4.78 is 0. The van der Waals surface area contributed by atoms with E-state index in [2.05, 4.69) is 25.8 Å². The highest BCUT2D eigenvalue weighted by molar-refractivity contribution is 5.41. The summed E-state index contributed by atoms with van der Waals surface area (Å²) in [7, 11) is 0. The lowest BCUT2D eigenvalue weighted by Crippen LogP contribution is -2.43. The van der Waals surface area contributed by atoms with Crippen LogP contribution >= 0.6 is 0 Å². The minimum absolute atomic E-state index is 0.291. The van der Waals surface area contributed by atoms with E-state index in [0.717, 1.165) is 37.6 Å². The Morgan fingerprint density at radius 2 is 2.00 bits per heavy atom. The number of likely N-dealkylation sites (tertiary alicyclic amines) is 1. The molecule has 110 valence electrons. The molecule has 0 aliphatic carbocycles. The van der Waals surface area contributed by atoms with Gasteiger partial charge in [0.15, 0.2) is 0 Å². The maximum absolute atomic E-state index is 9.45. The summed E-state index contributed by atoms with van der Waals surface area (Å²) in [6.07, 6.45) is 6.45. The fourth-order valence-electron chi connectivity index (χ4n) is 3.54. The van der Waals surface area contributed by atoms with Crippen molar-refractivity contribution in [3.8, 4) is 0 Å². The van der Waals surface area contributed by atoms with Crippen LogP contribution in [0.15, 0.2) is 12.4 Å². The minimum atomic E-state index is 0.291. The maximum Gasteiger partial charge on any atom is 0.132 e. The van der Waals surface area contributed by atoms with Gasteiger partial charge in [0, 0.05) is 36.9 Å². The topological polar surface area (TPSA) is 52.5 Å². The fraction of sp³-hybridized carbons (Fsp3) is 0.733. The monoisotopic (exact) mass is 276 g/mol. The van der Waals surface area contributed by atoms with Gasteiger partial charge in [-0.25, -0.2) is 9.97 Å². The number of anilines is 1. The van der Waals surface area contributed by atoms with Crippen LogP contribution in [0.2, 0.25) is 0 Å². The van der Waals surface area contributed by atoms with E-state index in [1.54, 1.807) is 6.33 Å². The molecule has 1 N–H and O–H groups in total. The Bertz CT molecular complexity index is 453. The summed E-state index contributed by atoms with van der Waals surface area (Å²) in [4.78, 5) is 13.5. The van der Waals surface area contributed by atoms with Crippen molar-refractivity contribution in [2.24, 2.45) is 0 Å². The third-order valence-electron chi connectivity index (χ3n) is 4.62. The van der Waals surface area contributed by atoms with E-state index in [4.69, 9.17) is 0 Å². The van der Waals surface area contributed by atoms with Crippen LogP contribution in [0.3, 0.4) is 0 Å². The number of aliphatic hydroxyl groups is 1. The number of hydrogen-bond donors (Lipinski definition) is 1. The number of aliphatic hydroxyl groups excluding tert-OH is 1. The molecule has 2 saturated heterocycles. The fourth-order valence-corrected chi connectivity index (χ4v) is 3.54. The highest BCUT2D eigenvalue weighted by Crippen LogP contribution is 2.26. The molecule has 2 aliphatic rings. The first-order valence-corrected chi connectivity index (χ1v) is 7.68. The zero-order chi connectivity index (χ0) is 13.9. The van der Waals surface area contributed by atoms with Crippen molar-refractivity contribution in [2.75, 3.05) is 31.1 Å². The molecule has 2 fully saturated rings. The second kappa shape index (κ2) is 6.06. The van der Waals surface area contributed by atoms with Gasteiger partial charge >= 0.3 is 0 Å². The van der Waals surface area contributed by atoms with E-state index in [9.17, 15) is 5.11 Å². The smallest absolute Gasteiger partial charge is 0.132 e. The Kier molecular flexibility index (Phi) is 4.17. The Hall–Kier alpha value is -1.20. The number of rotatable bonds is 4. The molecule has 0 spiro atoms. The zero-order valence-electron chi connectivity index (χ0n) is 12.2. The largest absolute Gasteiger partial charge is 0.395 e. The standard InChI is InChI=1S/C15H24N4O/c1-12-8-15(17-11-16-12)19-7-3-4-13(19)9-18-6-2-5-14(18)10-20/h8,11,13-14,20H,2-7,9-10H2,1H3. The molecule has 20 heavy (non-hydrogen) atoms. The average molecular weight is 276 g/mol. The Labute approximate surface area is 120 Å². The van der Waals surface area contributed by atoms with Crippen molar-refractivity contribution in [3.05, 3.63) is 18.1 Å². The number of aromatic nitrogens is 2. The van der Waals surface area contributed by atoms with Crippen molar-refractivity contribution >= 4 is 5.82 Å². The van der Waals surface area contributed by atoms with E-state index in [1.165, 1.54) is 19.3 Å². The van der Waals surface area contributed by atoms with Gasteiger partial charge in [-0.05, 0) is 39.2 Å². The van der Waals surface area contributed by atoms with Crippen LogP contribution in [-0.2, 0) is 0 Å². The van der Waals surface area contributed by atoms with Gasteiger partial charge in [-0.1, -0.05) is 0 Å². The van der Waals surface area contributed by atoms with Gasteiger partial charge in [-0.3, -0.25) is 4.90 Å². The zero-order valence-corrected chi connectivity index (χ0v) is 12.2. The summed E-state index contributed by atoms with van der Waals surface area (Å²) in [6, 6.07) is 2.97. The van der Waals surface area contributed by atoms with Crippen molar-refractivity contribution in [1.82, 2.24) is 14.9 Å². The third kappa shape index (κ3) is 2.79. The molecule has 1 aromatic rings. The van der Waals surface area contributed by atoms with Crippen LogP contribution in [-0.4, -0.2) is 58.3 Å². The lowest BCUT2D eigenvalue weighted by Gasteiger charge is -2.32. The van der Waals surface area contributed by atoms with Crippen molar-refractivity contribution in [1.29, 1.82) is 0 Å². The van der Waals surface area contributed by atoms with Gasteiger partial charge in [-0.15, -0.1) is 0 Å². The molecule has 5 heteroatoms. The molecule has 5 nitrogen and oxygen atoms in total. The quantitative estimate of drug-likeness (QED) is 0.896. The van der Waals surface area contributed by atoms with Crippen LogP contribution in [0.5, 0.6) is 0 Å². The summed E-state index contributed by atoms with van der Waals surface area (Å²) in [5, 5.41) is 9.45. The van der Waals surface area contributed by atoms with E-state index in [0.29, 0.717) is 18.7 Å². The number of nitrogens with zero attached hydrogens (tertiary/aromatic N) is 4. The van der Waals surface area contributed by atoms with Gasteiger partial charge in [0.05, 0.1) is 6.61 Å². The molecule has 0 aromatic carbocycles. The van der Waals surface area contributed by atoms with Crippen molar-refractivity contribution in [2.45, 2.75) is 44.7 Å². The van der Waals surface area contributed by atoms with E-state index in [-0.39, 0.29) is 0 Å². The number of hydrogen-bond acceptors (Lipinski definition) is 5. The molecular weight excluding hydrogens is 252 g/mol. The summed E-state index contributed by atoms with van der Waals surface area (Å²) in [5.41, 5.74) is 1.02. The lowest BCUT2D eigenvalue weighted by molar-refractivity contribution is 0.153. The van der Waals surface area contributed by atoms with Gasteiger partial charge in [-0.2, -0.15) is 0 Å². The summed E-state index contributed by atoms with van der Waals surface area (Å²) >= 11 is 0. The maximum atomic E-state index is 9.45. The van der Waals surface area contributed by atoms with Crippen molar-refractivity contribution in [3.63, 3.8) is 0 Å². The second-order valence-electron chi connectivity index (χ2n) is 5.98. The molecule has 2 atom stereocenters. The Morgan fingerprint density at radius 1 is 1.20 bits per heavy atom. The first kappa shape index (κ1) is 13.8. The molecule has 1 aromatic heterocycles. The van der Waals surface area contributed by atoms with Gasteiger partial charge in [0.25, 0.3) is 0 Å². The first-order chi connectivity index (χ1) is 9.78. The van der Waals surface area contributed by atoms with E-state index in [1.807, 2.05) is 6.92 Å². The van der Waals surface area contributed by atoms with Gasteiger partial charge < -0.3 is 10.0 Å². The summed E-state index contributed by atoms with van der Waals surface area (Å²) in [6.45, 7) is 5.56. The minimum Gasteiger partial charge on any atom is -0.395 e. The highest BCUT2D eigenvalue weighted by atomic mass is 16.3. The van der Waals surface area contributed by atoms with Crippen LogP contribution < -0.4 is 4.90 Å². The molecule has 2 unspecified atom stereocenters. The summed E-state index contributed by atoms with van der Waals surface area (Å²) in [5.74, 6) is 1.06. The predicted octanol–water partition coefficient (Wildman–Crippen LogP) is 1.21. The average Bonchev–Trinajstić information content (AvgIpc) is 3.08. The van der Waals surface area contributed by atoms with Crippen LogP contribution in [0.25, 0.3) is 0 Å². The predicted molar refractivity (Wildman–Crippen MR) is 78.8 cm³/mol. The lowest BCUT2D eigenvalue weighted by atomic mass is 10.2. The highest BCUT2D eigenvalue weighted by Gasteiger charge is 2.31. The molecule has 0 radical (unpaired) electrons. The third-order valence-corrected chi connectivity index (χ3v) is 4.62. The first-order valence-electron chi connectivity index (χ1n) is 7.68. The molecule has 3 rings (SSSR count). The normalized spacial score (nSPS) is 27.4. The van der Waals surface area contributed by atoms with Crippen molar-refractivity contribution < 1.29 is 5.11 Å². The molecule has 0 saturated carbocycles. The van der Waals surface area contributed by atoms with Gasteiger partial charge in [0.2, 0.25) is 0 Å². The molecule has 3 heterocycles. The SMILES string of the molecule is Cc1cc(N2CCCC2CN2CCCC2CO)ncn1. The van der Waals surface area contributed by atoms with Crippen LogP contribution in [0.4, 0.5) is 5.82 Å². The van der Waals surface area contributed by atoms with E-state index < -0.39 is 0 Å². The Morgan fingerprint density at radius 3 is 2.80 bits per heavy atom. The Balaban J connectivity index is 1.69. The molecule has 0 bridgehead atoms. The van der Waals surface area contributed by atoms with Gasteiger partial charge in [0.1, 0.15) is 12.1 Å². The number of aryl methyl sites for hydroxylation is 1. The molecular formula is C15H24N4O. The molecule has 0 amide bonds. The second-order valence-corrected chi connectivity index (χ2v) is 5.98. The van der Waals surface area contributed by atoms with Crippen LogP contribution in [0, 0.1) is 6.92 Å². The van der Waals surface area contributed by atoms with E-state index >= 15 is 0 Å².